The SMILES string of the molecule is COc1ccc(CN2C[C@H]3[C@@H](C2=O)C3(C)C)cc1. The summed E-state index contributed by atoms with van der Waals surface area (Å²) < 4.78 is 5.13. The van der Waals surface area contributed by atoms with Crippen molar-refractivity contribution < 1.29 is 9.53 Å². The van der Waals surface area contributed by atoms with Crippen molar-refractivity contribution in [3.63, 3.8) is 0 Å². The van der Waals surface area contributed by atoms with E-state index >= 15 is 0 Å². The third kappa shape index (κ3) is 1.61. The van der Waals surface area contributed by atoms with Crippen LogP contribution in [-0.2, 0) is 11.3 Å². The third-order valence-corrected chi connectivity index (χ3v) is 4.58. The Morgan fingerprint density at radius 2 is 2.00 bits per heavy atom. The maximum atomic E-state index is 12.2. The zero-order valence-electron chi connectivity index (χ0n) is 11.1. The molecule has 18 heavy (non-hydrogen) atoms. The van der Waals surface area contributed by atoms with Gasteiger partial charge in [-0.2, -0.15) is 0 Å². The van der Waals surface area contributed by atoms with Gasteiger partial charge in [-0.15, -0.1) is 0 Å². The van der Waals surface area contributed by atoms with Crippen molar-refractivity contribution in [1.29, 1.82) is 0 Å². The lowest BCUT2D eigenvalue weighted by molar-refractivity contribution is -0.131. The summed E-state index contributed by atoms with van der Waals surface area (Å²) in [6.07, 6.45) is 0. The molecule has 1 aliphatic carbocycles. The second-order valence-corrected chi connectivity index (χ2v) is 5.97. The second kappa shape index (κ2) is 3.74. The average molecular weight is 245 g/mol. The number of methoxy groups -OCH3 is 1. The Bertz CT molecular complexity index is 478. The summed E-state index contributed by atoms with van der Waals surface area (Å²) in [6, 6.07) is 7.95. The standard InChI is InChI=1S/C15H19NO2/c1-15(2)12-9-16(14(17)13(12)15)8-10-4-6-11(18-3)7-5-10/h4-7,12-13H,8-9H2,1-3H3/t12-,13-/m0/s1. The molecule has 1 saturated heterocycles. The van der Waals surface area contributed by atoms with Crippen LogP contribution < -0.4 is 4.74 Å². The summed E-state index contributed by atoms with van der Waals surface area (Å²) in [4.78, 5) is 14.2. The van der Waals surface area contributed by atoms with Gasteiger partial charge in [-0.1, -0.05) is 26.0 Å². The number of carbonyl (C=O) groups is 1. The normalized spacial score (nSPS) is 28.2. The van der Waals surface area contributed by atoms with Crippen LogP contribution in [0.5, 0.6) is 5.75 Å². The quantitative estimate of drug-likeness (QED) is 0.818. The van der Waals surface area contributed by atoms with Crippen molar-refractivity contribution in [1.82, 2.24) is 4.90 Å². The summed E-state index contributed by atoms with van der Waals surface area (Å²) in [6.45, 7) is 6.05. The summed E-state index contributed by atoms with van der Waals surface area (Å²) in [5, 5.41) is 0. The van der Waals surface area contributed by atoms with Crippen molar-refractivity contribution >= 4 is 5.91 Å². The minimum atomic E-state index is 0.244. The van der Waals surface area contributed by atoms with Crippen LogP contribution in [0.15, 0.2) is 24.3 Å². The fraction of sp³-hybridized carbons (Fsp3) is 0.533. The van der Waals surface area contributed by atoms with Gasteiger partial charge >= 0.3 is 0 Å². The van der Waals surface area contributed by atoms with Crippen LogP contribution in [0.2, 0.25) is 0 Å². The molecule has 2 atom stereocenters. The number of hydrogen-bond acceptors (Lipinski definition) is 2. The molecule has 3 heteroatoms. The molecule has 3 nitrogen and oxygen atoms in total. The molecule has 2 fully saturated rings. The van der Waals surface area contributed by atoms with Crippen molar-refractivity contribution in [2.24, 2.45) is 17.3 Å². The highest BCUT2D eigenvalue weighted by molar-refractivity contribution is 5.86. The molecule has 96 valence electrons. The number of nitrogens with zero attached hydrogens (tertiary/aromatic N) is 1. The van der Waals surface area contributed by atoms with E-state index in [0.29, 0.717) is 11.8 Å². The zero-order chi connectivity index (χ0) is 12.9. The van der Waals surface area contributed by atoms with Gasteiger partial charge in [0.25, 0.3) is 0 Å². The Morgan fingerprint density at radius 1 is 1.33 bits per heavy atom. The van der Waals surface area contributed by atoms with Crippen LogP contribution in [0, 0.1) is 17.3 Å². The summed E-state index contributed by atoms with van der Waals surface area (Å²) in [5.41, 5.74) is 1.41. The van der Waals surface area contributed by atoms with E-state index in [1.807, 2.05) is 29.2 Å². The zero-order valence-corrected chi connectivity index (χ0v) is 11.1. The second-order valence-electron chi connectivity index (χ2n) is 5.97. The molecule has 0 spiro atoms. The van der Waals surface area contributed by atoms with Crippen LogP contribution >= 0.6 is 0 Å². The van der Waals surface area contributed by atoms with E-state index in [9.17, 15) is 4.79 Å². The van der Waals surface area contributed by atoms with Crippen LogP contribution in [-0.4, -0.2) is 24.5 Å². The molecule has 1 aromatic carbocycles. The van der Waals surface area contributed by atoms with Gasteiger partial charge in [-0.25, -0.2) is 0 Å². The molecule has 1 aromatic rings. The number of carbonyl (C=O) groups excluding carboxylic acids is 1. The molecule has 1 heterocycles. The number of piperidine rings is 1. The van der Waals surface area contributed by atoms with Crippen LogP contribution in [0.3, 0.4) is 0 Å². The van der Waals surface area contributed by atoms with Gasteiger partial charge in [-0.05, 0) is 29.0 Å². The number of fused-ring (bicyclic) bond motifs is 1. The molecule has 3 rings (SSSR count). The van der Waals surface area contributed by atoms with Crippen LogP contribution in [0.4, 0.5) is 0 Å². The van der Waals surface area contributed by atoms with Gasteiger partial charge in [0, 0.05) is 19.0 Å². The van der Waals surface area contributed by atoms with E-state index in [1.54, 1.807) is 7.11 Å². The van der Waals surface area contributed by atoms with Gasteiger partial charge in [0.05, 0.1) is 7.11 Å². The van der Waals surface area contributed by atoms with E-state index < -0.39 is 0 Å². The molecule has 1 amide bonds. The highest BCUT2D eigenvalue weighted by Crippen LogP contribution is 2.62. The third-order valence-electron chi connectivity index (χ3n) is 4.58. The maximum absolute atomic E-state index is 12.2. The largest absolute Gasteiger partial charge is 0.497 e. The van der Waals surface area contributed by atoms with Gasteiger partial charge in [-0.3, -0.25) is 4.79 Å². The Kier molecular flexibility index (Phi) is 2.40. The van der Waals surface area contributed by atoms with Gasteiger partial charge in [0.1, 0.15) is 5.75 Å². The lowest BCUT2D eigenvalue weighted by Gasteiger charge is -2.22. The number of amides is 1. The Morgan fingerprint density at radius 3 is 2.50 bits per heavy atom. The number of rotatable bonds is 3. The lowest BCUT2D eigenvalue weighted by Crippen LogP contribution is -2.31. The fourth-order valence-corrected chi connectivity index (χ4v) is 3.19. The molecule has 0 radical (unpaired) electrons. The summed E-state index contributed by atoms with van der Waals surface area (Å²) in [5.74, 6) is 2.04. The molecule has 0 aromatic heterocycles. The van der Waals surface area contributed by atoms with E-state index in [0.717, 1.165) is 18.8 Å². The van der Waals surface area contributed by atoms with Crippen molar-refractivity contribution in [3.05, 3.63) is 29.8 Å². The first-order chi connectivity index (χ1) is 8.54. The monoisotopic (exact) mass is 245 g/mol. The Balaban J connectivity index is 1.66. The molecular formula is C15H19NO2. The van der Waals surface area contributed by atoms with E-state index in [4.69, 9.17) is 4.74 Å². The van der Waals surface area contributed by atoms with Crippen LogP contribution in [0.1, 0.15) is 19.4 Å². The first kappa shape index (κ1) is 11.6. The highest BCUT2D eigenvalue weighted by atomic mass is 16.5. The minimum absolute atomic E-state index is 0.244. The predicted octanol–water partition coefficient (Wildman–Crippen LogP) is 2.31. The summed E-state index contributed by atoms with van der Waals surface area (Å²) in [7, 11) is 1.66. The van der Waals surface area contributed by atoms with E-state index in [2.05, 4.69) is 13.8 Å². The predicted molar refractivity (Wildman–Crippen MR) is 69.2 cm³/mol. The van der Waals surface area contributed by atoms with Gasteiger partial charge < -0.3 is 9.64 Å². The highest BCUT2D eigenvalue weighted by Gasteiger charge is 2.67. The van der Waals surface area contributed by atoms with Crippen molar-refractivity contribution in [2.75, 3.05) is 13.7 Å². The fourth-order valence-electron chi connectivity index (χ4n) is 3.19. The first-order valence-corrected chi connectivity index (χ1v) is 6.46. The van der Waals surface area contributed by atoms with Crippen molar-refractivity contribution in [3.8, 4) is 5.75 Å². The minimum Gasteiger partial charge on any atom is -0.497 e. The Labute approximate surface area is 108 Å². The number of ether oxygens (including phenoxy) is 1. The number of hydrogen-bond donors (Lipinski definition) is 0. The smallest absolute Gasteiger partial charge is 0.226 e. The molecule has 1 saturated carbocycles. The average Bonchev–Trinajstić information content (AvgIpc) is 2.71. The van der Waals surface area contributed by atoms with Gasteiger partial charge in [0.2, 0.25) is 5.91 Å². The molecule has 0 N–H and O–H groups in total. The van der Waals surface area contributed by atoms with Crippen molar-refractivity contribution in [2.45, 2.75) is 20.4 Å². The lowest BCUT2D eigenvalue weighted by atomic mass is 10.1. The molecule has 0 unspecified atom stereocenters. The summed E-state index contributed by atoms with van der Waals surface area (Å²) >= 11 is 0. The molecule has 1 aliphatic heterocycles. The molecule has 2 aliphatic rings. The Hall–Kier alpha value is -1.51. The first-order valence-electron chi connectivity index (χ1n) is 6.46. The molecule has 0 bridgehead atoms. The van der Waals surface area contributed by atoms with Gasteiger partial charge in [0.15, 0.2) is 0 Å². The molecular weight excluding hydrogens is 226 g/mol. The maximum Gasteiger partial charge on any atom is 0.226 e. The van der Waals surface area contributed by atoms with E-state index in [1.165, 1.54) is 5.56 Å². The number of benzene rings is 1. The number of likely N-dealkylation sites (tertiary alicyclic amines) is 1. The van der Waals surface area contributed by atoms with Crippen LogP contribution in [0.25, 0.3) is 0 Å². The van der Waals surface area contributed by atoms with E-state index in [-0.39, 0.29) is 11.3 Å². The topological polar surface area (TPSA) is 29.5 Å².